The number of nitrogens with one attached hydrogen (secondary N) is 1. The lowest BCUT2D eigenvalue weighted by Gasteiger charge is -2.07. The SMILES string of the molecule is CCCC(=O)Nc1ccc(C(=O)COC(=O)Cn2nc(C)c([N+](=O)[O-])c2C)cc1. The van der Waals surface area contributed by atoms with Crippen molar-refractivity contribution in [2.45, 2.75) is 40.2 Å². The highest BCUT2D eigenvalue weighted by atomic mass is 16.6. The van der Waals surface area contributed by atoms with Crippen molar-refractivity contribution in [1.82, 2.24) is 9.78 Å². The molecule has 0 radical (unpaired) electrons. The van der Waals surface area contributed by atoms with Crippen molar-refractivity contribution in [2.24, 2.45) is 0 Å². The van der Waals surface area contributed by atoms with Gasteiger partial charge in [-0.25, -0.2) is 0 Å². The van der Waals surface area contributed by atoms with Gasteiger partial charge >= 0.3 is 11.7 Å². The molecule has 1 amide bonds. The van der Waals surface area contributed by atoms with Crippen molar-refractivity contribution in [3.8, 4) is 0 Å². The Morgan fingerprint density at radius 2 is 1.86 bits per heavy atom. The zero-order chi connectivity index (χ0) is 21.6. The van der Waals surface area contributed by atoms with E-state index in [0.29, 0.717) is 17.7 Å². The normalized spacial score (nSPS) is 10.4. The van der Waals surface area contributed by atoms with E-state index in [0.717, 1.165) is 6.42 Å². The van der Waals surface area contributed by atoms with E-state index in [9.17, 15) is 24.5 Å². The zero-order valence-electron chi connectivity index (χ0n) is 16.4. The fourth-order valence-electron chi connectivity index (χ4n) is 2.69. The van der Waals surface area contributed by atoms with Gasteiger partial charge in [0.15, 0.2) is 12.4 Å². The summed E-state index contributed by atoms with van der Waals surface area (Å²) in [6.07, 6.45) is 1.15. The molecule has 154 valence electrons. The number of ketones is 1. The highest BCUT2D eigenvalue weighted by Crippen LogP contribution is 2.21. The van der Waals surface area contributed by atoms with Gasteiger partial charge in [-0.05, 0) is 44.5 Å². The van der Waals surface area contributed by atoms with Crippen molar-refractivity contribution in [2.75, 3.05) is 11.9 Å². The van der Waals surface area contributed by atoms with Crippen molar-refractivity contribution < 1.29 is 24.0 Å². The second kappa shape index (κ2) is 9.58. The molecule has 0 saturated carbocycles. The number of ether oxygens (including phenoxy) is 1. The van der Waals surface area contributed by atoms with E-state index >= 15 is 0 Å². The van der Waals surface area contributed by atoms with Crippen LogP contribution < -0.4 is 5.32 Å². The number of nitro groups is 1. The van der Waals surface area contributed by atoms with E-state index in [1.54, 1.807) is 12.1 Å². The predicted octanol–water partition coefficient (Wildman–Crippen LogP) is 2.57. The van der Waals surface area contributed by atoms with Crippen LogP contribution >= 0.6 is 0 Å². The minimum absolute atomic E-state index is 0.107. The smallest absolute Gasteiger partial charge is 0.328 e. The van der Waals surface area contributed by atoms with Crippen LogP contribution in [0.5, 0.6) is 0 Å². The number of benzene rings is 1. The molecule has 0 fully saturated rings. The van der Waals surface area contributed by atoms with Crippen molar-refractivity contribution in [3.05, 3.63) is 51.3 Å². The number of aryl methyl sites for hydroxylation is 1. The fraction of sp³-hybridized carbons (Fsp3) is 0.368. The molecular formula is C19H22N4O6. The lowest BCUT2D eigenvalue weighted by Crippen LogP contribution is -2.19. The van der Waals surface area contributed by atoms with E-state index in [2.05, 4.69) is 10.4 Å². The Labute approximate surface area is 167 Å². The summed E-state index contributed by atoms with van der Waals surface area (Å²) >= 11 is 0. The summed E-state index contributed by atoms with van der Waals surface area (Å²) in [6, 6.07) is 6.25. The van der Waals surface area contributed by atoms with Crippen molar-refractivity contribution in [3.63, 3.8) is 0 Å². The van der Waals surface area contributed by atoms with Crippen LogP contribution in [0.4, 0.5) is 11.4 Å². The molecule has 0 aliphatic heterocycles. The largest absolute Gasteiger partial charge is 0.456 e. The Hall–Kier alpha value is -3.56. The van der Waals surface area contributed by atoms with E-state index in [4.69, 9.17) is 4.74 Å². The van der Waals surface area contributed by atoms with Crippen LogP contribution in [0.25, 0.3) is 0 Å². The number of aromatic nitrogens is 2. The summed E-state index contributed by atoms with van der Waals surface area (Å²) in [4.78, 5) is 46.2. The van der Waals surface area contributed by atoms with Gasteiger partial charge in [0, 0.05) is 17.7 Å². The summed E-state index contributed by atoms with van der Waals surface area (Å²) in [6.45, 7) is 4.05. The lowest BCUT2D eigenvalue weighted by atomic mass is 10.1. The summed E-state index contributed by atoms with van der Waals surface area (Å²) in [5.74, 6) is -1.25. The summed E-state index contributed by atoms with van der Waals surface area (Å²) in [5, 5.41) is 17.7. The number of hydrogen-bond acceptors (Lipinski definition) is 7. The third kappa shape index (κ3) is 5.71. The summed E-state index contributed by atoms with van der Waals surface area (Å²) in [5.41, 5.74) is 1.18. The quantitative estimate of drug-likeness (QED) is 0.295. The fourth-order valence-corrected chi connectivity index (χ4v) is 2.69. The molecule has 0 atom stereocenters. The van der Waals surface area contributed by atoms with E-state index in [-0.39, 0.29) is 29.5 Å². The van der Waals surface area contributed by atoms with Crippen LogP contribution in [0.2, 0.25) is 0 Å². The first kappa shape index (κ1) is 21.7. The molecule has 0 aliphatic carbocycles. The molecule has 2 aromatic rings. The molecule has 0 bridgehead atoms. The molecule has 0 spiro atoms. The molecular weight excluding hydrogens is 380 g/mol. The molecule has 1 heterocycles. The standard InChI is InChI=1S/C19H22N4O6/c1-4-5-17(25)20-15-8-6-14(7-9-15)16(24)11-29-18(26)10-22-13(3)19(23(27)28)12(2)21-22/h6-9H,4-5,10-11H2,1-3H3,(H,20,25). The third-order valence-corrected chi connectivity index (χ3v) is 4.14. The number of anilines is 1. The van der Waals surface area contributed by atoms with E-state index in [1.807, 2.05) is 6.92 Å². The number of hydrogen-bond donors (Lipinski definition) is 1. The number of rotatable bonds is 9. The molecule has 10 heteroatoms. The van der Waals surface area contributed by atoms with Crippen LogP contribution in [0.1, 0.15) is 41.5 Å². The second-order valence-electron chi connectivity index (χ2n) is 6.39. The number of esters is 1. The second-order valence-corrected chi connectivity index (χ2v) is 6.39. The number of carbonyl (C=O) groups is 3. The topological polar surface area (TPSA) is 133 Å². The van der Waals surface area contributed by atoms with Crippen LogP contribution in [-0.4, -0.2) is 39.0 Å². The molecule has 1 N–H and O–H groups in total. The Morgan fingerprint density at radius 3 is 2.41 bits per heavy atom. The van der Waals surface area contributed by atoms with Gasteiger partial charge in [0.2, 0.25) is 5.91 Å². The molecule has 0 unspecified atom stereocenters. The third-order valence-electron chi connectivity index (χ3n) is 4.14. The van der Waals surface area contributed by atoms with Crippen molar-refractivity contribution in [1.29, 1.82) is 0 Å². The maximum absolute atomic E-state index is 12.2. The van der Waals surface area contributed by atoms with Crippen LogP contribution in [0.3, 0.4) is 0 Å². The maximum Gasteiger partial charge on any atom is 0.328 e. The summed E-state index contributed by atoms with van der Waals surface area (Å²) < 4.78 is 6.14. The number of Topliss-reactive ketones (excluding diaryl/α,β-unsaturated/α-hetero) is 1. The highest BCUT2D eigenvalue weighted by Gasteiger charge is 2.23. The Bertz CT molecular complexity index is 933. The van der Waals surface area contributed by atoms with E-state index < -0.39 is 23.3 Å². The van der Waals surface area contributed by atoms with Gasteiger partial charge in [-0.1, -0.05) is 6.92 Å². The van der Waals surface area contributed by atoms with Crippen molar-refractivity contribution >= 4 is 29.0 Å². The Balaban J connectivity index is 1.90. The van der Waals surface area contributed by atoms with Gasteiger partial charge in [0.05, 0.1) is 4.92 Å². The molecule has 1 aromatic carbocycles. The maximum atomic E-state index is 12.2. The number of amides is 1. The average molecular weight is 402 g/mol. The van der Waals surface area contributed by atoms with Crippen LogP contribution in [0.15, 0.2) is 24.3 Å². The van der Waals surface area contributed by atoms with Gasteiger partial charge in [0.1, 0.15) is 17.9 Å². The van der Waals surface area contributed by atoms with Gasteiger partial charge in [-0.15, -0.1) is 0 Å². The van der Waals surface area contributed by atoms with Gasteiger partial charge in [-0.2, -0.15) is 5.10 Å². The molecule has 0 saturated heterocycles. The Kier molecular flexibility index (Phi) is 7.18. The first-order valence-electron chi connectivity index (χ1n) is 9.00. The number of carbonyl (C=O) groups excluding carboxylic acids is 3. The highest BCUT2D eigenvalue weighted by molar-refractivity contribution is 5.98. The molecule has 10 nitrogen and oxygen atoms in total. The molecule has 2 rings (SSSR count). The van der Waals surface area contributed by atoms with E-state index in [1.165, 1.54) is 30.7 Å². The predicted molar refractivity (Wildman–Crippen MR) is 104 cm³/mol. The molecule has 1 aromatic heterocycles. The first-order chi connectivity index (χ1) is 13.7. The van der Waals surface area contributed by atoms with Gasteiger partial charge < -0.3 is 10.1 Å². The number of nitrogens with zero attached hydrogens (tertiary/aromatic N) is 3. The lowest BCUT2D eigenvalue weighted by molar-refractivity contribution is -0.386. The Morgan fingerprint density at radius 1 is 1.21 bits per heavy atom. The average Bonchev–Trinajstić information content (AvgIpc) is 2.93. The van der Waals surface area contributed by atoms with Crippen LogP contribution in [0, 0.1) is 24.0 Å². The van der Waals surface area contributed by atoms with Crippen LogP contribution in [-0.2, 0) is 20.9 Å². The minimum atomic E-state index is -0.734. The zero-order valence-corrected chi connectivity index (χ0v) is 16.4. The molecule has 0 aliphatic rings. The monoisotopic (exact) mass is 402 g/mol. The van der Waals surface area contributed by atoms with Gasteiger partial charge in [-0.3, -0.25) is 29.2 Å². The molecule has 29 heavy (non-hydrogen) atoms. The first-order valence-corrected chi connectivity index (χ1v) is 9.00. The minimum Gasteiger partial charge on any atom is -0.456 e. The van der Waals surface area contributed by atoms with Gasteiger partial charge in [0.25, 0.3) is 0 Å². The summed E-state index contributed by atoms with van der Waals surface area (Å²) in [7, 11) is 0.